The summed E-state index contributed by atoms with van der Waals surface area (Å²) in [5.41, 5.74) is 0. The maximum Gasteiger partial charge on any atom is 0.368 e. The molecule has 0 aromatic carbocycles. The minimum absolute atomic E-state index is 0.150. The van der Waals surface area contributed by atoms with E-state index >= 15 is 0 Å². The number of aliphatic hydroxyl groups excluding tert-OH is 1. The van der Waals surface area contributed by atoms with Crippen molar-refractivity contribution in [2.75, 3.05) is 6.61 Å². The van der Waals surface area contributed by atoms with Crippen LogP contribution in [-0.2, 0) is 0 Å². The minimum Gasteiger partial charge on any atom is -0.396 e. The lowest BCUT2D eigenvalue weighted by molar-refractivity contribution is -0.0264. The summed E-state index contributed by atoms with van der Waals surface area (Å²) >= 11 is 9.07. The van der Waals surface area contributed by atoms with Crippen LogP contribution in [0.4, 0.5) is 13.2 Å². The maximum absolute atomic E-state index is 12.6. The third-order valence-electron chi connectivity index (χ3n) is 1.06. The monoisotopic (exact) mass is 210 g/mol. The standard InChI is InChI=1S/C5H7Cl2F3O/c6-4(8,2-1-3-11)5(7,9)10/h11H,1-3H2/t4-/m0/s1. The molecule has 11 heavy (non-hydrogen) atoms. The van der Waals surface area contributed by atoms with Crippen LogP contribution in [0.15, 0.2) is 0 Å². The number of aliphatic hydroxyl groups is 1. The van der Waals surface area contributed by atoms with E-state index in [9.17, 15) is 13.2 Å². The Hall–Kier alpha value is 0.330. The third-order valence-corrected chi connectivity index (χ3v) is 1.89. The molecule has 1 N–H and O–H groups in total. The van der Waals surface area contributed by atoms with Gasteiger partial charge in [0.15, 0.2) is 0 Å². The highest BCUT2D eigenvalue weighted by molar-refractivity contribution is 6.32. The molecule has 0 saturated carbocycles. The molecule has 0 aromatic heterocycles. The summed E-state index contributed by atoms with van der Waals surface area (Å²) in [4.78, 5) is 0. The Bertz CT molecular complexity index is 123. The highest BCUT2D eigenvalue weighted by Crippen LogP contribution is 2.42. The molecule has 0 fully saturated rings. The van der Waals surface area contributed by atoms with Crippen LogP contribution in [-0.4, -0.2) is 22.2 Å². The van der Waals surface area contributed by atoms with Crippen LogP contribution >= 0.6 is 23.2 Å². The quantitative estimate of drug-likeness (QED) is 0.708. The van der Waals surface area contributed by atoms with Gasteiger partial charge in [-0.25, -0.2) is 4.39 Å². The van der Waals surface area contributed by atoms with E-state index in [0.717, 1.165) is 0 Å². The van der Waals surface area contributed by atoms with Gasteiger partial charge in [0.25, 0.3) is 5.13 Å². The fraction of sp³-hybridized carbons (Fsp3) is 1.00. The lowest BCUT2D eigenvalue weighted by Gasteiger charge is -2.21. The Balaban J connectivity index is 4.00. The molecule has 0 heterocycles. The average Bonchev–Trinajstić information content (AvgIpc) is 1.81. The lowest BCUT2D eigenvalue weighted by Crippen LogP contribution is -2.34. The Morgan fingerprint density at radius 3 is 1.91 bits per heavy atom. The van der Waals surface area contributed by atoms with Gasteiger partial charge in [-0.05, 0) is 18.0 Å². The van der Waals surface area contributed by atoms with Gasteiger partial charge in [-0.15, -0.1) is 0 Å². The molecule has 0 radical (unpaired) electrons. The van der Waals surface area contributed by atoms with E-state index in [-0.39, 0.29) is 6.42 Å². The first-order valence-corrected chi connectivity index (χ1v) is 3.62. The normalized spacial score (nSPS) is 18.0. The Morgan fingerprint density at radius 2 is 1.64 bits per heavy atom. The molecule has 0 unspecified atom stereocenters. The van der Waals surface area contributed by atoms with Gasteiger partial charge in [-0.1, -0.05) is 11.6 Å². The summed E-state index contributed by atoms with van der Waals surface area (Å²) in [6.07, 6.45) is -0.829. The molecule has 0 aliphatic carbocycles. The number of hydrogen-bond donors (Lipinski definition) is 1. The smallest absolute Gasteiger partial charge is 0.368 e. The summed E-state index contributed by atoms with van der Waals surface area (Å²) in [7, 11) is 0. The zero-order valence-electron chi connectivity index (χ0n) is 5.46. The third kappa shape index (κ3) is 3.49. The summed E-state index contributed by atoms with van der Waals surface area (Å²) in [5.74, 6) is 0. The van der Waals surface area contributed by atoms with Gasteiger partial charge in [-0.3, -0.25) is 0 Å². The van der Waals surface area contributed by atoms with Crippen LogP contribution in [0.1, 0.15) is 12.8 Å². The van der Waals surface area contributed by atoms with E-state index in [1.807, 2.05) is 0 Å². The summed E-state index contributed by atoms with van der Waals surface area (Å²) in [6.45, 7) is -0.397. The largest absolute Gasteiger partial charge is 0.396 e. The Kier molecular flexibility index (Phi) is 3.94. The van der Waals surface area contributed by atoms with Gasteiger partial charge in [0.1, 0.15) is 0 Å². The molecule has 0 bridgehead atoms. The van der Waals surface area contributed by atoms with Crippen LogP contribution in [0.2, 0.25) is 0 Å². The predicted molar refractivity (Wildman–Crippen MR) is 36.8 cm³/mol. The molecule has 0 aliphatic heterocycles. The lowest BCUT2D eigenvalue weighted by atomic mass is 10.2. The van der Waals surface area contributed by atoms with Gasteiger partial charge in [-0.2, -0.15) is 8.78 Å². The number of halogens is 5. The zero-order chi connectivity index (χ0) is 9.12. The fourth-order valence-corrected chi connectivity index (χ4v) is 0.671. The van der Waals surface area contributed by atoms with Crippen molar-refractivity contribution >= 4 is 23.2 Å². The second-order valence-corrected chi connectivity index (χ2v) is 3.10. The van der Waals surface area contributed by atoms with E-state index in [1.165, 1.54) is 0 Å². The summed E-state index contributed by atoms with van der Waals surface area (Å²) in [5, 5.41) is 0.822. The van der Waals surface area contributed by atoms with Gasteiger partial charge >= 0.3 is 5.38 Å². The summed E-state index contributed by atoms with van der Waals surface area (Å²) < 4.78 is 36.6. The highest BCUT2D eigenvalue weighted by Gasteiger charge is 2.51. The van der Waals surface area contributed by atoms with E-state index in [2.05, 4.69) is 11.6 Å². The minimum atomic E-state index is -4.09. The molecule has 0 aromatic rings. The van der Waals surface area contributed by atoms with Gasteiger partial charge < -0.3 is 5.11 Å². The molecular formula is C5H7Cl2F3O. The maximum atomic E-state index is 12.6. The predicted octanol–water partition coefficient (Wildman–Crippen LogP) is 2.50. The molecule has 1 atom stereocenters. The van der Waals surface area contributed by atoms with E-state index < -0.39 is 23.5 Å². The SMILES string of the molecule is OCCC[C@@](F)(Cl)C(F)(F)Cl. The molecule has 0 amide bonds. The molecular weight excluding hydrogens is 204 g/mol. The first-order valence-electron chi connectivity index (χ1n) is 2.86. The Labute approximate surface area is 72.1 Å². The van der Waals surface area contributed by atoms with Gasteiger partial charge in [0.05, 0.1) is 0 Å². The van der Waals surface area contributed by atoms with Gasteiger partial charge in [0, 0.05) is 13.0 Å². The van der Waals surface area contributed by atoms with Gasteiger partial charge in [0.2, 0.25) is 0 Å². The topological polar surface area (TPSA) is 20.2 Å². The number of hydrogen-bond acceptors (Lipinski definition) is 1. The molecule has 68 valence electrons. The van der Waals surface area contributed by atoms with Crippen molar-refractivity contribution in [2.45, 2.75) is 23.4 Å². The first-order chi connectivity index (χ1) is 4.81. The second kappa shape index (κ2) is 3.83. The van der Waals surface area contributed by atoms with Crippen molar-refractivity contribution in [3.63, 3.8) is 0 Å². The molecule has 0 saturated heterocycles. The fourth-order valence-electron chi connectivity index (χ4n) is 0.443. The van der Waals surface area contributed by atoms with Crippen molar-refractivity contribution in [1.82, 2.24) is 0 Å². The van der Waals surface area contributed by atoms with Crippen molar-refractivity contribution < 1.29 is 18.3 Å². The van der Waals surface area contributed by atoms with Crippen LogP contribution < -0.4 is 0 Å². The first kappa shape index (κ1) is 11.3. The van der Waals surface area contributed by atoms with Crippen molar-refractivity contribution in [3.05, 3.63) is 0 Å². The van der Waals surface area contributed by atoms with Crippen molar-refractivity contribution in [2.24, 2.45) is 0 Å². The van der Waals surface area contributed by atoms with E-state index in [0.29, 0.717) is 0 Å². The van der Waals surface area contributed by atoms with Crippen LogP contribution in [0, 0.1) is 0 Å². The molecule has 6 heteroatoms. The Morgan fingerprint density at radius 1 is 1.18 bits per heavy atom. The van der Waals surface area contributed by atoms with Crippen LogP contribution in [0.25, 0.3) is 0 Å². The van der Waals surface area contributed by atoms with Crippen LogP contribution in [0.5, 0.6) is 0 Å². The van der Waals surface area contributed by atoms with Crippen molar-refractivity contribution in [3.8, 4) is 0 Å². The number of alkyl halides is 5. The summed E-state index contributed by atoms with van der Waals surface area (Å²) in [6, 6.07) is 0. The molecule has 1 nitrogen and oxygen atoms in total. The molecule has 0 aliphatic rings. The van der Waals surface area contributed by atoms with E-state index in [1.54, 1.807) is 0 Å². The second-order valence-electron chi connectivity index (χ2n) is 2.03. The van der Waals surface area contributed by atoms with Crippen LogP contribution in [0.3, 0.4) is 0 Å². The zero-order valence-corrected chi connectivity index (χ0v) is 6.97. The van der Waals surface area contributed by atoms with E-state index in [4.69, 9.17) is 16.7 Å². The number of rotatable bonds is 4. The highest BCUT2D eigenvalue weighted by atomic mass is 35.5. The average molecular weight is 211 g/mol. The molecule has 0 rings (SSSR count). The van der Waals surface area contributed by atoms with Crippen molar-refractivity contribution in [1.29, 1.82) is 0 Å². The molecule has 0 spiro atoms.